The number of anilines is 2. The molecule has 3 aromatic rings. The molecule has 0 spiro atoms. The van der Waals surface area contributed by atoms with Gasteiger partial charge in [-0.15, -0.1) is 0 Å². The summed E-state index contributed by atoms with van der Waals surface area (Å²) < 4.78 is 0.704. The Kier molecular flexibility index (Phi) is 5.71. The monoisotopic (exact) mass is 428 g/mol. The number of benzene rings is 3. The van der Waals surface area contributed by atoms with Crippen LogP contribution in [0.3, 0.4) is 0 Å². The van der Waals surface area contributed by atoms with E-state index in [1.54, 1.807) is 60.7 Å². The van der Waals surface area contributed by atoms with E-state index < -0.39 is 0 Å². The molecular formula is C20H14BrClN2O2. The zero-order valence-corrected chi connectivity index (χ0v) is 15.8. The zero-order chi connectivity index (χ0) is 18.5. The molecule has 3 aromatic carbocycles. The first-order valence-corrected chi connectivity index (χ1v) is 8.93. The summed E-state index contributed by atoms with van der Waals surface area (Å²) in [6.45, 7) is 0. The largest absolute Gasteiger partial charge is 0.322 e. The highest BCUT2D eigenvalue weighted by Crippen LogP contribution is 2.27. The molecule has 0 aliphatic rings. The molecule has 0 saturated carbocycles. The maximum Gasteiger partial charge on any atom is 0.256 e. The minimum Gasteiger partial charge on any atom is -0.322 e. The first kappa shape index (κ1) is 18.2. The Bertz CT molecular complexity index is 961. The van der Waals surface area contributed by atoms with E-state index in [9.17, 15) is 9.59 Å². The van der Waals surface area contributed by atoms with Gasteiger partial charge in [0.2, 0.25) is 0 Å². The number of nitrogens with one attached hydrogen (secondary N) is 2. The smallest absolute Gasteiger partial charge is 0.256 e. The van der Waals surface area contributed by atoms with Gasteiger partial charge in [0.25, 0.3) is 11.8 Å². The lowest BCUT2D eigenvalue weighted by Gasteiger charge is -2.11. The summed E-state index contributed by atoms with van der Waals surface area (Å²) in [4.78, 5) is 24.5. The summed E-state index contributed by atoms with van der Waals surface area (Å²) in [5, 5.41) is 5.88. The molecule has 0 aliphatic carbocycles. The van der Waals surface area contributed by atoms with Crippen LogP contribution in [-0.4, -0.2) is 11.8 Å². The third-order valence-electron chi connectivity index (χ3n) is 3.63. The van der Waals surface area contributed by atoms with Crippen molar-refractivity contribution in [2.45, 2.75) is 0 Å². The first-order chi connectivity index (χ1) is 12.5. The van der Waals surface area contributed by atoms with Crippen molar-refractivity contribution in [3.63, 3.8) is 0 Å². The molecule has 0 fully saturated rings. The molecule has 0 heterocycles. The van der Waals surface area contributed by atoms with Gasteiger partial charge in [-0.1, -0.05) is 41.9 Å². The molecule has 0 unspecified atom stereocenters. The van der Waals surface area contributed by atoms with Gasteiger partial charge in [0.15, 0.2) is 0 Å². The average molecular weight is 430 g/mol. The maximum atomic E-state index is 12.3. The molecule has 26 heavy (non-hydrogen) atoms. The maximum absolute atomic E-state index is 12.3. The van der Waals surface area contributed by atoms with Gasteiger partial charge in [0.05, 0.1) is 16.3 Å². The van der Waals surface area contributed by atoms with E-state index in [4.69, 9.17) is 11.6 Å². The van der Waals surface area contributed by atoms with Crippen LogP contribution in [0, 0.1) is 0 Å². The normalized spacial score (nSPS) is 10.2. The van der Waals surface area contributed by atoms with E-state index in [2.05, 4.69) is 26.6 Å². The quantitative estimate of drug-likeness (QED) is 0.566. The van der Waals surface area contributed by atoms with Gasteiger partial charge in [-0.25, -0.2) is 0 Å². The molecule has 2 amide bonds. The van der Waals surface area contributed by atoms with Crippen LogP contribution in [0.1, 0.15) is 20.7 Å². The third kappa shape index (κ3) is 4.31. The fraction of sp³-hybridized carbons (Fsp3) is 0. The van der Waals surface area contributed by atoms with Crippen LogP contribution in [0.25, 0.3) is 0 Å². The highest BCUT2D eigenvalue weighted by molar-refractivity contribution is 9.10. The minimum atomic E-state index is -0.255. The van der Waals surface area contributed by atoms with E-state index in [0.717, 1.165) is 0 Å². The highest BCUT2D eigenvalue weighted by atomic mass is 79.9. The van der Waals surface area contributed by atoms with Crippen molar-refractivity contribution >= 4 is 50.7 Å². The second-order valence-corrected chi connectivity index (χ2v) is 6.71. The van der Waals surface area contributed by atoms with Gasteiger partial charge in [-0.3, -0.25) is 9.59 Å². The Morgan fingerprint density at radius 1 is 0.808 bits per heavy atom. The van der Waals surface area contributed by atoms with Gasteiger partial charge in [-0.2, -0.15) is 0 Å². The van der Waals surface area contributed by atoms with E-state index in [-0.39, 0.29) is 11.8 Å². The number of hydrogen-bond acceptors (Lipinski definition) is 2. The lowest BCUT2D eigenvalue weighted by molar-refractivity contribution is 0.101. The van der Waals surface area contributed by atoms with Gasteiger partial charge >= 0.3 is 0 Å². The summed E-state index contributed by atoms with van der Waals surface area (Å²) in [5.41, 5.74) is 2.06. The fourth-order valence-electron chi connectivity index (χ4n) is 2.32. The van der Waals surface area contributed by atoms with Crippen LogP contribution in [0.4, 0.5) is 11.4 Å². The Morgan fingerprint density at radius 2 is 1.50 bits per heavy atom. The average Bonchev–Trinajstić information content (AvgIpc) is 2.65. The molecule has 3 rings (SSSR count). The van der Waals surface area contributed by atoms with Crippen LogP contribution in [0.15, 0.2) is 77.3 Å². The van der Waals surface area contributed by atoms with E-state index in [1.807, 2.05) is 12.1 Å². The molecule has 4 nitrogen and oxygen atoms in total. The van der Waals surface area contributed by atoms with Crippen molar-refractivity contribution < 1.29 is 9.59 Å². The van der Waals surface area contributed by atoms with Crippen molar-refractivity contribution in [1.29, 1.82) is 0 Å². The van der Waals surface area contributed by atoms with Gasteiger partial charge in [0.1, 0.15) is 0 Å². The van der Waals surface area contributed by atoms with Crippen molar-refractivity contribution in [2.24, 2.45) is 0 Å². The molecule has 130 valence electrons. The SMILES string of the molecule is O=C(Nc1ccc(NC(=O)c2ccccc2Br)cc1Cl)c1ccccc1. The van der Waals surface area contributed by atoms with Crippen LogP contribution >= 0.6 is 27.5 Å². The summed E-state index contributed by atoms with van der Waals surface area (Å²) in [6.07, 6.45) is 0. The molecule has 0 atom stereocenters. The molecule has 0 saturated heterocycles. The van der Waals surface area contributed by atoms with Crippen molar-refractivity contribution in [1.82, 2.24) is 0 Å². The lowest BCUT2D eigenvalue weighted by Crippen LogP contribution is -2.14. The van der Waals surface area contributed by atoms with Crippen LogP contribution in [0.5, 0.6) is 0 Å². The molecule has 0 aromatic heterocycles. The van der Waals surface area contributed by atoms with Gasteiger partial charge < -0.3 is 10.6 Å². The number of rotatable bonds is 4. The second kappa shape index (κ2) is 8.17. The summed E-state index contributed by atoms with van der Waals surface area (Å²) in [7, 11) is 0. The lowest BCUT2D eigenvalue weighted by atomic mass is 10.2. The molecule has 0 aliphatic heterocycles. The fourth-order valence-corrected chi connectivity index (χ4v) is 3.01. The zero-order valence-electron chi connectivity index (χ0n) is 13.5. The molecule has 6 heteroatoms. The summed E-state index contributed by atoms with van der Waals surface area (Å²) in [5.74, 6) is -0.507. The van der Waals surface area contributed by atoms with Crippen LogP contribution in [-0.2, 0) is 0 Å². The molecular weight excluding hydrogens is 416 g/mol. The highest BCUT2D eigenvalue weighted by Gasteiger charge is 2.12. The van der Waals surface area contributed by atoms with E-state index in [1.165, 1.54) is 0 Å². The number of carbonyl (C=O) groups is 2. The van der Waals surface area contributed by atoms with E-state index in [0.29, 0.717) is 32.0 Å². The molecule has 0 radical (unpaired) electrons. The Hall–Kier alpha value is -2.63. The molecule has 2 N–H and O–H groups in total. The summed E-state index contributed by atoms with van der Waals surface area (Å²) >= 11 is 9.60. The van der Waals surface area contributed by atoms with E-state index >= 15 is 0 Å². The first-order valence-electron chi connectivity index (χ1n) is 7.76. The van der Waals surface area contributed by atoms with Crippen molar-refractivity contribution in [3.8, 4) is 0 Å². The summed E-state index contributed by atoms with van der Waals surface area (Å²) in [6, 6.07) is 20.9. The Morgan fingerprint density at radius 3 is 2.19 bits per heavy atom. The third-order valence-corrected chi connectivity index (χ3v) is 4.63. The van der Waals surface area contributed by atoms with Crippen molar-refractivity contribution in [3.05, 3.63) is 93.4 Å². The standard InChI is InChI=1S/C20H14BrClN2O2/c21-16-9-5-4-8-15(16)20(26)23-14-10-11-18(17(22)12-14)24-19(25)13-6-2-1-3-7-13/h1-12H,(H,23,26)(H,24,25). The van der Waals surface area contributed by atoms with Crippen LogP contribution < -0.4 is 10.6 Å². The number of carbonyl (C=O) groups excluding carboxylic acids is 2. The van der Waals surface area contributed by atoms with Crippen LogP contribution in [0.2, 0.25) is 5.02 Å². The van der Waals surface area contributed by atoms with Gasteiger partial charge in [0, 0.05) is 15.7 Å². The van der Waals surface area contributed by atoms with Gasteiger partial charge in [-0.05, 0) is 58.4 Å². The topological polar surface area (TPSA) is 58.2 Å². The Labute approximate surface area is 164 Å². The second-order valence-electron chi connectivity index (χ2n) is 5.45. The van der Waals surface area contributed by atoms with Crippen molar-refractivity contribution in [2.75, 3.05) is 10.6 Å². The predicted molar refractivity (Wildman–Crippen MR) is 108 cm³/mol. The number of hydrogen-bond donors (Lipinski definition) is 2. The minimum absolute atomic E-state index is 0.252. The Balaban J connectivity index is 1.72. The molecule has 0 bridgehead atoms. The predicted octanol–water partition coefficient (Wildman–Crippen LogP) is 5.61. The number of halogens is 2. The number of amides is 2.